The van der Waals surface area contributed by atoms with Crippen molar-refractivity contribution in [3.05, 3.63) is 46.4 Å². The zero-order valence-electron chi connectivity index (χ0n) is 12.4. The molecule has 1 aromatic carbocycles. The van der Waals surface area contributed by atoms with E-state index in [9.17, 15) is 4.79 Å². The molecule has 0 unspecified atom stereocenters. The number of aromatic nitrogens is 1. The first-order valence-electron chi connectivity index (χ1n) is 7.44. The average molecular weight is 303 g/mol. The van der Waals surface area contributed by atoms with Crippen LogP contribution in [-0.2, 0) is 6.42 Å². The number of carbonyl (C=O) groups excluding carboxylic acids is 1. The molecule has 0 aliphatic carbocycles. The maximum absolute atomic E-state index is 11.8. The Morgan fingerprint density at radius 2 is 2.05 bits per heavy atom. The third kappa shape index (κ3) is 5.31. The van der Waals surface area contributed by atoms with Gasteiger partial charge in [-0.2, -0.15) is 0 Å². The van der Waals surface area contributed by atoms with Gasteiger partial charge in [0.15, 0.2) is 10.8 Å². The molecule has 2 rings (SSSR count). The molecular weight excluding hydrogens is 282 g/mol. The van der Waals surface area contributed by atoms with E-state index in [1.165, 1.54) is 29.7 Å². The fraction of sp³-hybridized carbons (Fsp3) is 0.412. The van der Waals surface area contributed by atoms with Gasteiger partial charge in [0.25, 0.3) is 0 Å². The van der Waals surface area contributed by atoms with Gasteiger partial charge >= 0.3 is 0 Å². The number of carbonyl (C=O) groups is 1. The zero-order valence-corrected chi connectivity index (χ0v) is 13.2. The molecule has 0 aliphatic rings. The molecule has 1 aromatic heterocycles. The van der Waals surface area contributed by atoms with Gasteiger partial charge in [-0.25, -0.2) is 4.98 Å². The molecule has 2 aromatic rings. The Morgan fingerprint density at radius 3 is 2.71 bits per heavy atom. The number of benzene rings is 1. The molecule has 0 saturated heterocycles. The number of ketones is 1. The predicted octanol–water partition coefficient (Wildman–Crippen LogP) is 4.53. The Balaban J connectivity index is 1.67. The number of ether oxygens (including phenoxy) is 1. The van der Waals surface area contributed by atoms with Gasteiger partial charge in [0.05, 0.1) is 6.61 Å². The van der Waals surface area contributed by atoms with E-state index in [0.717, 1.165) is 18.6 Å². The molecule has 0 amide bonds. The molecule has 0 N–H and O–H groups in total. The van der Waals surface area contributed by atoms with Crippen molar-refractivity contribution in [2.24, 2.45) is 0 Å². The fourth-order valence-corrected chi connectivity index (χ4v) is 2.63. The highest BCUT2D eigenvalue weighted by Crippen LogP contribution is 2.15. The number of hydrogen-bond acceptors (Lipinski definition) is 4. The molecule has 0 atom stereocenters. The molecular formula is C17H21NO2S. The summed E-state index contributed by atoms with van der Waals surface area (Å²) in [5.41, 5.74) is 1.35. The van der Waals surface area contributed by atoms with Crippen LogP contribution < -0.4 is 4.74 Å². The van der Waals surface area contributed by atoms with Gasteiger partial charge in [0.2, 0.25) is 0 Å². The summed E-state index contributed by atoms with van der Waals surface area (Å²) in [6, 6.07) is 8.25. The summed E-state index contributed by atoms with van der Waals surface area (Å²) in [7, 11) is 0. The van der Waals surface area contributed by atoms with Crippen molar-refractivity contribution in [2.45, 2.75) is 39.0 Å². The van der Waals surface area contributed by atoms with Gasteiger partial charge in [-0.05, 0) is 37.0 Å². The first-order chi connectivity index (χ1) is 10.3. The number of nitrogens with zero attached hydrogens (tertiary/aromatic N) is 1. The minimum atomic E-state index is 0.100. The summed E-state index contributed by atoms with van der Waals surface area (Å²) in [5.74, 6) is 0.973. The second-order valence-electron chi connectivity index (χ2n) is 4.96. The molecule has 1 heterocycles. The van der Waals surface area contributed by atoms with E-state index in [0.29, 0.717) is 18.0 Å². The maximum atomic E-state index is 11.8. The van der Waals surface area contributed by atoms with Crippen molar-refractivity contribution in [3.63, 3.8) is 0 Å². The lowest BCUT2D eigenvalue weighted by Gasteiger charge is -2.06. The molecule has 0 radical (unpaired) electrons. The Labute approximate surface area is 130 Å². The summed E-state index contributed by atoms with van der Waals surface area (Å²) in [5, 5.41) is 2.42. The van der Waals surface area contributed by atoms with Crippen molar-refractivity contribution < 1.29 is 9.53 Å². The highest BCUT2D eigenvalue weighted by atomic mass is 32.1. The standard InChI is InChI=1S/C17H21NO2S/c1-2-3-5-14-7-9-15(10-8-14)20-12-4-6-16(19)17-18-11-13-21-17/h7-11,13H,2-6,12H2,1H3. The SMILES string of the molecule is CCCCc1ccc(OCCCC(=O)c2nccs2)cc1. The van der Waals surface area contributed by atoms with Crippen LogP contribution >= 0.6 is 11.3 Å². The molecule has 3 nitrogen and oxygen atoms in total. The summed E-state index contributed by atoms with van der Waals surface area (Å²) in [6.07, 6.45) is 6.43. The largest absolute Gasteiger partial charge is 0.494 e. The number of hydrogen-bond donors (Lipinski definition) is 0. The van der Waals surface area contributed by atoms with Crippen LogP contribution in [0.2, 0.25) is 0 Å². The maximum Gasteiger partial charge on any atom is 0.191 e. The Kier molecular flexibility index (Phi) is 6.41. The van der Waals surface area contributed by atoms with E-state index in [-0.39, 0.29) is 5.78 Å². The first-order valence-corrected chi connectivity index (χ1v) is 8.32. The normalized spacial score (nSPS) is 10.5. The molecule has 4 heteroatoms. The summed E-state index contributed by atoms with van der Waals surface area (Å²) >= 11 is 1.39. The predicted molar refractivity (Wildman–Crippen MR) is 86.2 cm³/mol. The summed E-state index contributed by atoms with van der Waals surface area (Å²) < 4.78 is 5.66. The molecule has 21 heavy (non-hydrogen) atoms. The van der Waals surface area contributed by atoms with Crippen molar-refractivity contribution in [1.29, 1.82) is 0 Å². The lowest BCUT2D eigenvalue weighted by atomic mass is 10.1. The minimum absolute atomic E-state index is 0.100. The van der Waals surface area contributed by atoms with E-state index in [1.54, 1.807) is 6.20 Å². The molecule has 112 valence electrons. The van der Waals surface area contributed by atoms with Crippen molar-refractivity contribution in [1.82, 2.24) is 4.98 Å². The molecule has 0 aliphatic heterocycles. The van der Waals surface area contributed by atoms with Crippen LogP contribution in [0.3, 0.4) is 0 Å². The topological polar surface area (TPSA) is 39.2 Å². The van der Waals surface area contributed by atoms with Crippen LogP contribution in [-0.4, -0.2) is 17.4 Å². The molecule has 0 fully saturated rings. The van der Waals surface area contributed by atoms with Crippen molar-refractivity contribution in [2.75, 3.05) is 6.61 Å². The quantitative estimate of drug-likeness (QED) is 0.505. The van der Waals surface area contributed by atoms with E-state index < -0.39 is 0 Å². The second kappa shape index (κ2) is 8.57. The van der Waals surface area contributed by atoms with Gasteiger partial charge < -0.3 is 4.74 Å². The van der Waals surface area contributed by atoms with Crippen molar-refractivity contribution >= 4 is 17.1 Å². The number of thiazole rings is 1. The lowest BCUT2D eigenvalue weighted by molar-refractivity contribution is 0.0973. The van der Waals surface area contributed by atoms with Crippen molar-refractivity contribution in [3.8, 4) is 5.75 Å². The Bertz CT molecular complexity index is 534. The van der Waals surface area contributed by atoms with Gasteiger partial charge in [0.1, 0.15) is 5.75 Å². The monoisotopic (exact) mass is 303 g/mol. The van der Waals surface area contributed by atoms with Crippen LogP contribution in [0.1, 0.15) is 48.0 Å². The molecule has 0 bridgehead atoms. The number of Topliss-reactive ketones (excluding diaryl/α,β-unsaturated/α-hetero) is 1. The van der Waals surface area contributed by atoms with E-state index in [4.69, 9.17) is 4.74 Å². The van der Waals surface area contributed by atoms with E-state index in [1.807, 2.05) is 17.5 Å². The van der Waals surface area contributed by atoms with Crippen LogP contribution in [0.5, 0.6) is 5.75 Å². The van der Waals surface area contributed by atoms with E-state index >= 15 is 0 Å². The van der Waals surface area contributed by atoms with Crippen LogP contribution in [0, 0.1) is 0 Å². The van der Waals surface area contributed by atoms with Crippen LogP contribution in [0.25, 0.3) is 0 Å². The number of rotatable bonds is 9. The average Bonchev–Trinajstić information content (AvgIpc) is 3.05. The number of aryl methyl sites for hydroxylation is 1. The smallest absolute Gasteiger partial charge is 0.191 e. The third-order valence-electron chi connectivity index (χ3n) is 3.23. The lowest BCUT2D eigenvalue weighted by Crippen LogP contribution is -2.03. The van der Waals surface area contributed by atoms with Gasteiger partial charge in [0, 0.05) is 18.0 Å². The number of unbranched alkanes of at least 4 members (excludes halogenated alkanes) is 1. The zero-order chi connectivity index (χ0) is 14.9. The van der Waals surface area contributed by atoms with Crippen LogP contribution in [0.15, 0.2) is 35.8 Å². The summed E-state index contributed by atoms with van der Waals surface area (Å²) in [6.45, 7) is 2.76. The van der Waals surface area contributed by atoms with Gasteiger partial charge in [-0.15, -0.1) is 11.3 Å². The van der Waals surface area contributed by atoms with Gasteiger partial charge in [-0.1, -0.05) is 25.5 Å². The third-order valence-corrected chi connectivity index (χ3v) is 4.04. The van der Waals surface area contributed by atoms with Crippen LogP contribution in [0.4, 0.5) is 0 Å². The fourth-order valence-electron chi connectivity index (χ4n) is 2.02. The summed E-state index contributed by atoms with van der Waals surface area (Å²) in [4.78, 5) is 15.8. The van der Waals surface area contributed by atoms with Gasteiger partial charge in [-0.3, -0.25) is 4.79 Å². The molecule has 0 saturated carbocycles. The second-order valence-corrected chi connectivity index (χ2v) is 5.85. The Hall–Kier alpha value is -1.68. The molecule has 0 spiro atoms. The van der Waals surface area contributed by atoms with E-state index in [2.05, 4.69) is 24.0 Å². The highest BCUT2D eigenvalue weighted by molar-refractivity contribution is 7.11. The Morgan fingerprint density at radius 1 is 1.24 bits per heavy atom. The highest BCUT2D eigenvalue weighted by Gasteiger charge is 2.07. The minimum Gasteiger partial charge on any atom is -0.494 e. The first kappa shape index (κ1) is 15.7.